The van der Waals surface area contributed by atoms with Gasteiger partial charge in [0, 0.05) is 49.6 Å². The molecule has 4 N–H and O–H groups in total. The van der Waals surface area contributed by atoms with E-state index in [2.05, 4.69) is 60.8 Å². The molecule has 5 aromatic rings. The number of H-pyrrole nitrogens is 2. The second-order valence-electron chi connectivity index (χ2n) is 17.3. The quantitative estimate of drug-likeness (QED) is 0.123. The van der Waals surface area contributed by atoms with Crippen LogP contribution in [0.1, 0.15) is 87.9 Å². The van der Waals surface area contributed by atoms with Crippen molar-refractivity contribution in [3.63, 3.8) is 0 Å². The van der Waals surface area contributed by atoms with Crippen molar-refractivity contribution >= 4 is 46.1 Å². The number of amides is 4. The molecule has 3 aromatic heterocycles. The highest BCUT2D eigenvalue weighted by atomic mass is 16.5. The van der Waals surface area contributed by atoms with E-state index in [4.69, 9.17) is 24.4 Å². The lowest BCUT2D eigenvalue weighted by Crippen LogP contribution is -2.41. The van der Waals surface area contributed by atoms with E-state index in [-0.39, 0.29) is 49.1 Å². The molecule has 4 amide bonds. The van der Waals surface area contributed by atoms with Crippen molar-refractivity contribution in [3.05, 3.63) is 60.4 Å². The smallest absolute Gasteiger partial charge is 0.407 e. The van der Waals surface area contributed by atoms with Gasteiger partial charge < -0.3 is 49.3 Å². The van der Waals surface area contributed by atoms with Gasteiger partial charge in [0.1, 0.15) is 24.7 Å². The van der Waals surface area contributed by atoms with Gasteiger partial charge in [0.25, 0.3) is 0 Å². The average molecular weight is 929 g/mol. The number of nitrogens with zero attached hydrogens (tertiary/aromatic N) is 6. The van der Waals surface area contributed by atoms with E-state index in [1.54, 1.807) is 12.4 Å². The van der Waals surface area contributed by atoms with Crippen LogP contribution in [0.15, 0.2) is 48.8 Å². The summed E-state index contributed by atoms with van der Waals surface area (Å²) >= 11 is 0. The Kier molecular flexibility index (Phi) is 16.6. The summed E-state index contributed by atoms with van der Waals surface area (Å²) < 4.78 is 19.4. The lowest BCUT2D eigenvalue weighted by molar-refractivity contribution is -0.133. The Labute approximate surface area is 396 Å². The Morgan fingerprint density at radius 2 is 1.18 bits per heavy atom. The molecule has 0 bridgehead atoms. The van der Waals surface area contributed by atoms with Gasteiger partial charge in [-0.05, 0) is 100 Å². The Morgan fingerprint density at radius 3 is 1.71 bits per heavy atom. The Morgan fingerprint density at radius 1 is 0.632 bits per heavy atom. The van der Waals surface area contributed by atoms with Gasteiger partial charge in [-0.15, -0.1) is 25.7 Å². The zero-order valence-corrected chi connectivity index (χ0v) is 38.7. The summed E-state index contributed by atoms with van der Waals surface area (Å²) in [6.07, 6.45) is 29.7. The number of methoxy groups -OCH3 is 2. The first kappa shape index (κ1) is 48.9. The number of carbonyl (C=O) groups is 4. The van der Waals surface area contributed by atoms with Crippen molar-refractivity contribution in [2.24, 2.45) is 11.8 Å². The molecular formula is C50H60N10O8. The number of carbonyl (C=O) groups excluding carboxylic acids is 4. The first-order valence-electron chi connectivity index (χ1n) is 23.2. The molecule has 6 fully saturated rings. The van der Waals surface area contributed by atoms with E-state index in [0.29, 0.717) is 23.4 Å². The van der Waals surface area contributed by atoms with E-state index < -0.39 is 12.2 Å². The maximum absolute atomic E-state index is 13.1. The summed E-state index contributed by atoms with van der Waals surface area (Å²) in [6.45, 7) is 3.76. The van der Waals surface area contributed by atoms with Gasteiger partial charge in [0.05, 0.1) is 72.2 Å². The van der Waals surface area contributed by atoms with E-state index >= 15 is 0 Å². The van der Waals surface area contributed by atoms with Crippen molar-refractivity contribution in [1.82, 2.24) is 50.3 Å². The third-order valence-electron chi connectivity index (χ3n) is 13.0. The molecule has 7 heterocycles. The highest BCUT2D eigenvalue weighted by Gasteiger charge is 2.56. The van der Waals surface area contributed by atoms with Crippen LogP contribution in [0.5, 0.6) is 0 Å². The molecule has 68 heavy (non-hydrogen) atoms. The molecule has 4 aliphatic heterocycles. The zero-order valence-electron chi connectivity index (χ0n) is 38.7. The number of fused-ring (bicyclic) bond motifs is 4. The molecule has 6 atom stereocenters. The van der Waals surface area contributed by atoms with Crippen LogP contribution in [0, 0.1) is 37.5 Å². The highest BCUT2D eigenvalue weighted by Crippen LogP contribution is 2.54. The Bertz CT molecular complexity index is 2540. The number of terminal acetylenes is 2. The molecule has 0 radical (unpaired) electrons. The minimum atomic E-state index is -0.636. The molecule has 2 aliphatic carbocycles. The number of nitrogens with one attached hydrogen (secondary N) is 4. The molecule has 0 spiro atoms. The summed E-state index contributed by atoms with van der Waals surface area (Å²) in [4.78, 5) is 78.9. The zero-order chi connectivity index (χ0) is 48.2. The number of benzene rings is 2. The summed E-state index contributed by atoms with van der Waals surface area (Å²) in [7, 11) is 2.54. The van der Waals surface area contributed by atoms with Crippen molar-refractivity contribution in [3.8, 4) is 48.2 Å². The Hall–Kier alpha value is -7.02. The second kappa shape index (κ2) is 23.1. The third kappa shape index (κ3) is 11.6. The molecule has 6 aliphatic rings. The minimum Gasteiger partial charge on any atom is -0.453 e. The van der Waals surface area contributed by atoms with Crippen LogP contribution in [-0.2, 0) is 28.5 Å². The van der Waals surface area contributed by atoms with Crippen LogP contribution in [-0.4, -0.2) is 130 Å². The first-order chi connectivity index (χ1) is 33.3. The van der Waals surface area contributed by atoms with Crippen molar-refractivity contribution in [1.29, 1.82) is 0 Å². The third-order valence-corrected chi connectivity index (χ3v) is 13.0. The summed E-state index contributed by atoms with van der Waals surface area (Å²) in [5.74, 6) is 2.03. The normalized spacial score (nSPS) is 22.7. The van der Waals surface area contributed by atoms with Crippen LogP contribution in [0.25, 0.3) is 44.6 Å². The van der Waals surface area contributed by atoms with Gasteiger partial charge in [-0.3, -0.25) is 14.6 Å². The van der Waals surface area contributed by atoms with E-state index in [1.807, 2.05) is 46.2 Å². The molecule has 18 heteroatoms. The van der Waals surface area contributed by atoms with Gasteiger partial charge >= 0.3 is 12.2 Å². The first-order valence-corrected chi connectivity index (χ1v) is 23.2. The van der Waals surface area contributed by atoms with Crippen molar-refractivity contribution in [2.75, 3.05) is 53.7 Å². The number of aromatic amines is 2. The molecule has 11 rings (SSSR count). The number of aromatic nitrogens is 6. The lowest BCUT2D eigenvalue weighted by atomic mass is 10.1. The van der Waals surface area contributed by atoms with Crippen LogP contribution in [0.2, 0.25) is 0 Å². The number of hydrogen-bond acceptors (Lipinski definition) is 12. The van der Waals surface area contributed by atoms with E-state index in [1.165, 1.54) is 52.7 Å². The molecule has 2 saturated carbocycles. The second-order valence-corrected chi connectivity index (χ2v) is 17.3. The number of piperidine rings is 2. The number of likely N-dealkylation sites (tertiary alicyclic amines) is 2. The fourth-order valence-electron chi connectivity index (χ4n) is 9.43. The Balaban J connectivity index is 0.000000368. The van der Waals surface area contributed by atoms with Gasteiger partial charge in [-0.2, -0.15) is 0 Å². The van der Waals surface area contributed by atoms with Crippen LogP contribution in [0.3, 0.4) is 0 Å². The molecule has 2 aromatic carbocycles. The van der Waals surface area contributed by atoms with E-state index in [9.17, 15) is 19.2 Å². The topological polar surface area (TPSA) is 219 Å². The number of ether oxygens (including phenoxy) is 4. The predicted octanol–water partition coefficient (Wildman–Crippen LogP) is 6.47. The fraction of sp³-hybridized carbons (Fsp3) is 0.480. The monoisotopic (exact) mass is 928 g/mol. The summed E-state index contributed by atoms with van der Waals surface area (Å²) in [5, 5.41) is 4.99. The lowest BCUT2D eigenvalue weighted by Gasteiger charge is -2.26. The number of imidazole rings is 2. The number of rotatable bonds is 8. The summed E-state index contributed by atoms with van der Waals surface area (Å²) in [5.41, 5.74) is 6.37. The largest absolute Gasteiger partial charge is 0.453 e. The maximum Gasteiger partial charge on any atom is 0.407 e. The molecule has 4 saturated heterocycles. The molecule has 358 valence electrons. The maximum atomic E-state index is 13.1. The molecule has 18 nitrogen and oxygen atoms in total. The van der Waals surface area contributed by atoms with Gasteiger partial charge in [-0.25, -0.2) is 24.5 Å². The number of alkyl carbamates (subject to hydrolysis) is 2. The van der Waals surface area contributed by atoms with Gasteiger partial charge in [0.2, 0.25) is 11.8 Å². The standard InChI is InChI=1S/C36H36N10O6.2C5H10O.2C2H2/c1-51-35(49)39-15-31(47)45-27-9-19(27)11-29(45)33-38-14-26(44-33)17-3-5-21-23(7-17)37-13-25(41-21)18-4-6-22-24(8-18)43-34(42-22)30-12-20-10-28(20)46(30)32(48)16-40-36(50)52-2;2*1-2-4-6-5-3-1;2*1-2/h3-8,13-14,19-20,27-30H,9-12,15-16H2,1-2H3,(H,38,44)(H,39,49)(H,40,50)(H,42,43);2*1-5H2;2*1-2H/t19-,20-,27-,28-,29+,30+;;;;/m1..../s1. The summed E-state index contributed by atoms with van der Waals surface area (Å²) in [6, 6.07) is 11.7. The van der Waals surface area contributed by atoms with Crippen LogP contribution >= 0.6 is 0 Å². The minimum absolute atomic E-state index is 0.122. The number of hydrogen-bond donors (Lipinski definition) is 4. The van der Waals surface area contributed by atoms with Crippen molar-refractivity contribution < 1.29 is 38.1 Å². The van der Waals surface area contributed by atoms with Crippen LogP contribution < -0.4 is 10.6 Å². The predicted molar refractivity (Wildman–Crippen MR) is 254 cm³/mol. The average Bonchev–Trinajstić information content (AvgIpc) is 4.02. The van der Waals surface area contributed by atoms with Gasteiger partial charge in [0.15, 0.2) is 0 Å². The molecular weight excluding hydrogens is 869 g/mol. The highest BCUT2D eigenvalue weighted by molar-refractivity contribution is 5.86. The van der Waals surface area contributed by atoms with Gasteiger partial charge in [-0.1, -0.05) is 12.1 Å². The van der Waals surface area contributed by atoms with E-state index in [0.717, 1.165) is 96.8 Å². The van der Waals surface area contributed by atoms with Crippen molar-refractivity contribution in [2.45, 2.75) is 88.4 Å². The van der Waals surface area contributed by atoms with Crippen LogP contribution in [0.4, 0.5) is 9.59 Å². The SMILES string of the molecule is C#C.C#C.C1CCOCC1.C1CCOCC1.COC(=O)NCC(=O)N1[C@@H]2C[C@@H]2C[C@H]1c1ncc(-c2ccc3nc(-c4ccc5nc([C@@H]6C[C@H]7C[C@H]7N6C(=O)CNC(=O)OC)[nH]c5c4)cnc3c2)[nH]1. The fourth-order valence-corrected chi connectivity index (χ4v) is 9.43. The molecule has 0 unspecified atom stereocenters.